The monoisotopic (exact) mass is 291 g/mol. The van der Waals surface area contributed by atoms with Crippen molar-refractivity contribution in [1.29, 1.82) is 0 Å². The second-order valence-electron chi connectivity index (χ2n) is 5.48. The number of rotatable bonds is 2. The molecule has 1 aliphatic rings. The Kier molecular flexibility index (Phi) is 3.24. The summed E-state index contributed by atoms with van der Waals surface area (Å²) in [6.07, 6.45) is 0. The number of fused-ring (bicyclic) bond motifs is 1. The predicted octanol–water partition coefficient (Wildman–Crippen LogP) is 1.91. The molecule has 3 rings (SSSR count). The first-order valence-electron chi connectivity index (χ1n) is 6.51. The summed E-state index contributed by atoms with van der Waals surface area (Å²) in [5, 5.41) is 3.48. The van der Waals surface area contributed by atoms with Crippen molar-refractivity contribution in [2.75, 3.05) is 18.5 Å². The van der Waals surface area contributed by atoms with Gasteiger partial charge in [0, 0.05) is 6.04 Å². The zero-order chi connectivity index (χ0) is 14.3. The second kappa shape index (κ2) is 4.80. The quantitative estimate of drug-likeness (QED) is 0.886. The van der Waals surface area contributed by atoms with Gasteiger partial charge in [0.15, 0.2) is 5.13 Å². The molecule has 0 saturated carbocycles. The Morgan fingerprint density at radius 1 is 1.60 bits per heavy atom. The highest BCUT2D eigenvalue weighted by Crippen LogP contribution is 2.31. The topological polar surface area (TPSA) is 77.2 Å². The first kappa shape index (κ1) is 13.5. The predicted molar refractivity (Wildman–Crippen MR) is 79.9 cm³/mol. The van der Waals surface area contributed by atoms with Gasteiger partial charge in [0.2, 0.25) is 5.91 Å². The van der Waals surface area contributed by atoms with E-state index in [9.17, 15) is 4.79 Å². The van der Waals surface area contributed by atoms with Crippen LogP contribution in [0, 0.1) is 12.3 Å². The van der Waals surface area contributed by atoms with Crippen LogP contribution >= 0.6 is 11.3 Å². The van der Waals surface area contributed by atoms with E-state index in [4.69, 9.17) is 10.5 Å². The number of aromatic nitrogens is 1. The normalized spacial score (nSPS) is 26.1. The van der Waals surface area contributed by atoms with E-state index in [-0.39, 0.29) is 11.9 Å². The van der Waals surface area contributed by atoms with Gasteiger partial charge in [-0.2, -0.15) is 0 Å². The molecule has 2 atom stereocenters. The van der Waals surface area contributed by atoms with Crippen LogP contribution in [0.2, 0.25) is 0 Å². The fraction of sp³-hybridized carbons (Fsp3) is 0.429. The molecule has 1 saturated heterocycles. The molecule has 0 spiro atoms. The van der Waals surface area contributed by atoms with Gasteiger partial charge in [-0.05, 0) is 31.5 Å². The van der Waals surface area contributed by atoms with Gasteiger partial charge in [-0.3, -0.25) is 4.79 Å². The van der Waals surface area contributed by atoms with Crippen LogP contribution in [0.5, 0.6) is 0 Å². The minimum atomic E-state index is -0.687. The lowest BCUT2D eigenvalue weighted by Gasteiger charge is -2.24. The molecule has 1 aromatic heterocycles. The van der Waals surface area contributed by atoms with Crippen LogP contribution in [0.4, 0.5) is 5.13 Å². The molecule has 3 N–H and O–H groups in total. The third kappa shape index (κ3) is 2.19. The fourth-order valence-electron chi connectivity index (χ4n) is 2.25. The Balaban J connectivity index is 1.84. The van der Waals surface area contributed by atoms with Gasteiger partial charge in [0.1, 0.15) is 0 Å². The lowest BCUT2D eigenvalue weighted by Crippen LogP contribution is -2.47. The number of nitrogens with one attached hydrogen (secondary N) is 1. The van der Waals surface area contributed by atoms with Crippen molar-refractivity contribution >= 4 is 32.6 Å². The summed E-state index contributed by atoms with van der Waals surface area (Å²) in [6, 6.07) is 5.76. The van der Waals surface area contributed by atoms with Gasteiger partial charge >= 0.3 is 0 Å². The largest absolute Gasteiger partial charge is 0.379 e. The number of benzene rings is 1. The molecule has 2 unspecified atom stereocenters. The van der Waals surface area contributed by atoms with Crippen molar-refractivity contribution in [3.05, 3.63) is 23.8 Å². The number of aryl methyl sites for hydroxylation is 1. The molecule has 0 aliphatic carbocycles. The van der Waals surface area contributed by atoms with E-state index < -0.39 is 5.41 Å². The summed E-state index contributed by atoms with van der Waals surface area (Å²) in [6.45, 7) is 4.64. The molecule has 2 aromatic rings. The number of hydrogen-bond acceptors (Lipinski definition) is 5. The first-order chi connectivity index (χ1) is 9.49. The summed E-state index contributed by atoms with van der Waals surface area (Å²) in [4.78, 5) is 16.8. The van der Waals surface area contributed by atoms with Crippen molar-refractivity contribution in [2.24, 2.45) is 11.1 Å². The highest BCUT2D eigenvalue weighted by Gasteiger charge is 2.44. The summed E-state index contributed by atoms with van der Waals surface area (Å²) < 4.78 is 6.37. The average Bonchev–Trinajstić information content (AvgIpc) is 2.94. The Hall–Kier alpha value is -1.50. The Morgan fingerprint density at radius 3 is 3.10 bits per heavy atom. The second-order valence-corrected chi connectivity index (χ2v) is 6.51. The summed E-state index contributed by atoms with van der Waals surface area (Å²) in [5.74, 6) is -0.127. The maximum atomic E-state index is 12.4. The Bertz CT molecular complexity index is 669. The van der Waals surface area contributed by atoms with Gasteiger partial charge in [-0.1, -0.05) is 17.4 Å². The number of amides is 1. The minimum absolute atomic E-state index is 0.127. The maximum absolute atomic E-state index is 12.4. The number of nitrogens with two attached hydrogens (primary N) is 1. The molecule has 1 aromatic carbocycles. The van der Waals surface area contributed by atoms with Crippen molar-refractivity contribution in [3.8, 4) is 0 Å². The number of ether oxygens (including phenoxy) is 1. The fourth-order valence-corrected chi connectivity index (χ4v) is 3.21. The van der Waals surface area contributed by atoms with Gasteiger partial charge < -0.3 is 15.8 Å². The molecule has 1 fully saturated rings. The molecule has 20 heavy (non-hydrogen) atoms. The highest BCUT2D eigenvalue weighted by atomic mass is 32.1. The van der Waals surface area contributed by atoms with Crippen molar-refractivity contribution < 1.29 is 9.53 Å². The number of nitrogens with zero attached hydrogens (tertiary/aromatic N) is 1. The zero-order valence-electron chi connectivity index (χ0n) is 11.5. The minimum Gasteiger partial charge on any atom is -0.379 e. The highest BCUT2D eigenvalue weighted by molar-refractivity contribution is 7.22. The van der Waals surface area contributed by atoms with Crippen LogP contribution in [0.25, 0.3) is 10.2 Å². The third-order valence-electron chi connectivity index (χ3n) is 3.80. The van der Waals surface area contributed by atoms with E-state index in [1.807, 2.05) is 26.0 Å². The summed E-state index contributed by atoms with van der Waals surface area (Å²) >= 11 is 1.47. The van der Waals surface area contributed by atoms with Gasteiger partial charge in [-0.15, -0.1) is 0 Å². The van der Waals surface area contributed by atoms with E-state index in [1.54, 1.807) is 0 Å². The molecule has 2 heterocycles. The van der Waals surface area contributed by atoms with E-state index in [0.717, 1.165) is 10.2 Å². The molecular formula is C14H17N3O2S. The third-order valence-corrected chi connectivity index (χ3v) is 4.73. The molecule has 106 valence electrons. The smallest absolute Gasteiger partial charge is 0.236 e. The number of anilines is 1. The summed E-state index contributed by atoms with van der Waals surface area (Å²) in [7, 11) is 0. The average molecular weight is 291 g/mol. The van der Waals surface area contributed by atoms with Gasteiger partial charge in [-0.25, -0.2) is 4.98 Å². The molecule has 0 bridgehead atoms. The van der Waals surface area contributed by atoms with Gasteiger partial charge in [0.05, 0.1) is 28.8 Å². The van der Waals surface area contributed by atoms with Crippen LogP contribution in [0.1, 0.15) is 12.5 Å². The number of carbonyl (C=O) groups excluding carboxylic acids is 1. The molecule has 5 nitrogen and oxygen atoms in total. The van der Waals surface area contributed by atoms with E-state index >= 15 is 0 Å². The zero-order valence-corrected chi connectivity index (χ0v) is 12.3. The Morgan fingerprint density at radius 2 is 2.40 bits per heavy atom. The van der Waals surface area contributed by atoms with Crippen LogP contribution in [0.3, 0.4) is 0 Å². The molecule has 1 amide bonds. The molecule has 0 radical (unpaired) electrons. The molecule has 1 aliphatic heterocycles. The van der Waals surface area contributed by atoms with Gasteiger partial charge in [0.25, 0.3) is 0 Å². The van der Waals surface area contributed by atoms with Crippen molar-refractivity contribution in [3.63, 3.8) is 0 Å². The maximum Gasteiger partial charge on any atom is 0.236 e. The number of hydrogen-bond donors (Lipinski definition) is 2. The van der Waals surface area contributed by atoms with Crippen LogP contribution < -0.4 is 11.1 Å². The van der Waals surface area contributed by atoms with E-state index in [0.29, 0.717) is 18.3 Å². The number of carbonyl (C=O) groups is 1. The lowest BCUT2D eigenvalue weighted by atomic mass is 9.85. The van der Waals surface area contributed by atoms with Crippen LogP contribution in [-0.2, 0) is 9.53 Å². The standard InChI is InChI=1S/C14H17N3O2S/c1-8-3-4-9-10(5-8)20-13(16-9)17-12(18)14(2)7-19-6-11(14)15/h3-5,11H,6-7,15H2,1-2H3,(H,16,17,18). The number of thiazole rings is 1. The SMILES string of the molecule is Cc1ccc2nc(NC(=O)C3(C)COCC3N)sc2c1. The molecule has 6 heteroatoms. The Labute approximate surface area is 121 Å². The van der Waals surface area contributed by atoms with Crippen LogP contribution in [-0.4, -0.2) is 30.1 Å². The van der Waals surface area contributed by atoms with Crippen LogP contribution in [0.15, 0.2) is 18.2 Å². The van der Waals surface area contributed by atoms with Crippen molar-refractivity contribution in [2.45, 2.75) is 19.9 Å². The molecular weight excluding hydrogens is 274 g/mol. The van der Waals surface area contributed by atoms with E-state index in [2.05, 4.69) is 16.4 Å². The van der Waals surface area contributed by atoms with E-state index in [1.165, 1.54) is 16.9 Å². The first-order valence-corrected chi connectivity index (χ1v) is 7.33. The van der Waals surface area contributed by atoms with Crippen molar-refractivity contribution in [1.82, 2.24) is 4.98 Å². The summed E-state index contributed by atoms with van der Waals surface area (Å²) in [5.41, 5.74) is 7.35. The lowest BCUT2D eigenvalue weighted by molar-refractivity contribution is -0.125.